The number of nitrogens with zero attached hydrogens (tertiary/aromatic N) is 2. The Kier molecular flexibility index (Phi) is 2.46. The van der Waals surface area contributed by atoms with E-state index in [-0.39, 0.29) is 0 Å². The molecule has 3 nitrogen and oxygen atoms in total. The first-order valence-corrected chi connectivity index (χ1v) is 6.47. The van der Waals surface area contributed by atoms with Gasteiger partial charge in [-0.05, 0) is 17.7 Å². The van der Waals surface area contributed by atoms with Crippen LogP contribution in [0.3, 0.4) is 0 Å². The number of aromatic nitrogens is 2. The molecular formula is C12H13N3S. The van der Waals surface area contributed by atoms with Gasteiger partial charge < -0.3 is 5.73 Å². The van der Waals surface area contributed by atoms with Crippen LogP contribution in [0.4, 0.5) is 0 Å². The minimum atomic E-state index is 0.591. The van der Waals surface area contributed by atoms with Crippen molar-refractivity contribution in [3.05, 3.63) is 47.3 Å². The van der Waals surface area contributed by atoms with Gasteiger partial charge in [-0.25, -0.2) is 4.68 Å². The summed E-state index contributed by atoms with van der Waals surface area (Å²) in [7, 11) is 0. The molecule has 1 aliphatic heterocycles. The maximum atomic E-state index is 5.58. The number of hydrogen-bond acceptors (Lipinski definition) is 3. The van der Waals surface area contributed by atoms with E-state index < -0.39 is 0 Å². The van der Waals surface area contributed by atoms with E-state index in [1.54, 1.807) is 0 Å². The largest absolute Gasteiger partial charge is 0.326 e. The van der Waals surface area contributed by atoms with Crippen LogP contribution >= 0.6 is 11.8 Å². The lowest BCUT2D eigenvalue weighted by molar-refractivity contribution is 0.841. The van der Waals surface area contributed by atoms with E-state index in [9.17, 15) is 0 Å². The van der Waals surface area contributed by atoms with Gasteiger partial charge in [-0.3, -0.25) is 0 Å². The van der Waals surface area contributed by atoms with Gasteiger partial charge in [0.05, 0.1) is 17.6 Å². The number of benzene rings is 1. The van der Waals surface area contributed by atoms with Crippen LogP contribution in [0.25, 0.3) is 5.69 Å². The Balaban J connectivity index is 2.01. The number of nitrogens with two attached hydrogens (primary N) is 1. The van der Waals surface area contributed by atoms with Crippen molar-refractivity contribution in [1.29, 1.82) is 0 Å². The maximum absolute atomic E-state index is 5.58. The van der Waals surface area contributed by atoms with Crippen molar-refractivity contribution in [3.8, 4) is 5.69 Å². The smallest absolute Gasteiger partial charge is 0.0649 e. The van der Waals surface area contributed by atoms with Crippen LogP contribution in [0.2, 0.25) is 0 Å². The molecule has 3 rings (SSSR count). The van der Waals surface area contributed by atoms with Gasteiger partial charge in [-0.1, -0.05) is 12.1 Å². The predicted octanol–water partition coefficient (Wildman–Crippen LogP) is 2.08. The zero-order chi connectivity index (χ0) is 11.0. The Labute approximate surface area is 98.6 Å². The third-order valence-electron chi connectivity index (χ3n) is 2.87. The van der Waals surface area contributed by atoms with Crippen LogP contribution in [0.5, 0.6) is 0 Å². The van der Waals surface area contributed by atoms with Gasteiger partial charge in [-0.15, -0.1) is 0 Å². The molecule has 0 amide bonds. The van der Waals surface area contributed by atoms with Crippen molar-refractivity contribution in [2.75, 3.05) is 0 Å². The Bertz CT molecular complexity index is 501. The summed E-state index contributed by atoms with van der Waals surface area (Å²) in [5, 5.41) is 4.44. The fraction of sp³-hybridized carbons (Fsp3) is 0.250. The van der Waals surface area contributed by atoms with Crippen LogP contribution in [-0.2, 0) is 18.1 Å². The van der Waals surface area contributed by atoms with E-state index in [2.05, 4.69) is 29.4 Å². The third-order valence-corrected chi connectivity index (χ3v) is 3.86. The molecule has 2 aromatic rings. The summed E-state index contributed by atoms with van der Waals surface area (Å²) in [6.45, 7) is 0.591. The predicted molar refractivity (Wildman–Crippen MR) is 66.5 cm³/mol. The Morgan fingerprint density at radius 3 is 2.81 bits per heavy atom. The molecule has 0 saturated heterocycles. The minimum absolute atomic E-state index is 0.591. The van der Waals surface area contributed by atoms with E-state index in [4.69, 9.17) is 5.73 Å². The summed E-state index contributed by atoms with van der Waals surface area (Å²) in [6.07, 6.45) is 1.98. The van der Waals surface area contributed by atoms with Crippen molar-refractivity contribution in [2.24, 2.45) is 5.73 Å². The second kappa shape index (κ2) is 3.96. The number of hydrogen-bond donors (Lipinski definition) is 1. The van der Waals surface area contributed by atoms with Gasteiger partial charge in [0, 0.05) is 23.6 Å². The third kappa shape index (κ3) is 1.54. The van der Waals surface area contributed by atoms with Crippen molar-refractivity contribution in [2.45, 2.75) is 18.1 Å². The molecule has 0 atom stereocenters. The number of thioether (sulfide) groups is 1. The van der Waals surface area contributed by atoms with Gasteiger partial charge in [0.15, 0.2) is 0 Å². The summed E-state index contributed by atoms with van der Waals surface area (Å²) in [4.78, 5) is 0. The van der Waals surface area contributed by atoms with Crippen molar-refractivity contribution in [3.63, 3.8) is 0 Å². The highest BCUT2D eigenvalue weighted by atomic mass is 32.2. The van der Waals surface area contributed by atoms with Crippen molar-refractivity contribution in [1.82, 2.24) is 9.78 Å². The Morgan fingerprint density at radius 2 is 2.06 bits per heavy atom. The molecular weight excluding hydrogens is 218 g/mol. The molecule has 0 aliphatic carbocycles. The first kappa shape index (κ1) is 9.93. The first-order valence-electron chi connectivity index (χ1n) is 5.31. The number of fused-ring (bicyclic) bond motifs is 1. The molecule has 1 aromatic heterocycles. The molecule has 0 unspecified atom stereocenters. The van der Waals surface area contributed by atoms with Crippen LogP contribution in [0, 0.1) is 0 Å². The second-order valence-corrected chi connectivity index (χ2v) is 4.88. The molecule has 1 aromatic carbocycles. The lowest BCUT2D eigenvalue weighted by Gasteiger charge is -2.05. The summed E-state index contributed by atoms with van der Waals surface area (Å²) >= 11 is 1.95. The normalized spacial score (nSPS) is 14.1. The highest BCUT2D eigenvalue weighted by molar-refractivity contribution is 7.98. The van der Waals surface area contributed by atoms with Crippen molar-refractivity contribution >= 4 is 11.8 Å². The summed E-state index contributed by atoms with van der Waals surface area (Å²) in [5.41, 5.74) is 10.6. The Morgan fingerprint density at radius 1 is 1.25 bits per heavy atom. The topological polar surface area (TPSA) is 43.8 Å². The zero-order valence-corrected chi connectivity index (χ0v) is 9.70. The summed E-state index contributed by atoms with van der Waals surface area (Å²) in [5.74, 6) is 2.16. The zero-order valence-electron chi connectivity index (χ0n) is 8.89. The van der Waals surface area contributed by atoms with Crippen LogP contribution in [0.1, 0.15) is 16.8 Å². The first-order chi connectivity index (χ1) is 7.88. The monoisotopic (exact) mass is 231 g/mol. The Hall–Kier alpha value is -1.26. The van der Waals surface area contributed by atoms with Crippen molar-refractivity contribution < 1.29 is 0 Å². The van der Waals surface area contributed by atoms with E-state index in [1.807, 2.05) is 22.6 Å². The molecule has 2 heterocycles. The molecule has 0 radical (unpaired) electrons. The maximum Gasteiger partial charge on any atom is 0.0649 e. The summed E-state index contributed by atoms with van der Waals surface area (Å²) in [6, 6.07) is 8.29. The fourth-order valence-electron chi connectivity index (χ4n) is 1.94. The number of rotatable bonds is 2. The van der Waals surface area contributed by atoms with Crippen LogP contribution < -0.4 is 5.73 Å². The van der Waals surface area contributed by atoms with Crippen LogP contribution in [-0.4, -0.2) is 9.78 Å². The highest BCUT2D eigenvalue weighted by Gasteiger charge is 2.17. The molecule has 0 saturated carbocycles. The van der Waals surface area contributed by atoms with E-state index in [0.29, 0.717) is 6.54 Å². The molecule has 4 heteroatoms. The van der Waals surface area contributed by atoms with Gasteiger partial charge in [-0.2, -0.15) is 16.9 Å². The summed E-state index contributed by atoms with van der Waals surface area (Å²) < 4.78 is 2.04. The SMILES string of the molecule is NCc1ccc(-n2ncc3c2CSC3)cc1. The molecule has 1 aliphatic rings. The lowest BCUT2D eigenvalue weighted by Crippen LogP contribution is -2.01. The van der Waals surface area contributed by atoms with E-state index in [1.165, 1.54) is 11.3 Å². The standard InChI is InChI=1S/C12H13N3S/c13-5-9-1-3-11(4-2-9)15-12-8-16-7-10(12)6-14-15/h1-4,6H,5,7-8,13H2. The molecule has 0 spiro atoms. The van der Waals surface area contributed by atoms with Gasteiger partial charge >= 0.3 is 0 Å². The quantitative estimate of drug-likeness (QED) is 0.860. The molecule has 0 fully saturated rings. The fourth-order valence-corrected chi connectivity index (χ4v) is 3.00. The van der Waals surface area contributed by atoms with Crippen LogP contribution in [0.15, 0.2) is 30.5 Å². The molecule has 16 heavy (non-hydrogen) atoms. The van der Waals surface area contributed by atoms with Gasteiger partial charge in [0.25, 0.3) is 0 Å². The van der Waals surface area contributed by atoms with E-state index in [0.717, 1.165) is 22.8 Å². The second-order valence-electron chi connectivity index (χ2n) is 3.89. The molecule has 0 bridgehead atoms. The molecule has 2 N–H and O–H groups in total. The molecule has 82 valence electrons. The minimum Gasteiger partial charge on any atom is -0.326 e. The van der Waals surface area contributed by atoms with Gasteiger partial charge in [0.1, 0.15) is 0 Å². The van der Waals surface area contributed by atoms with E-state index >= 15 is 0 Å². The lowest BCUT2D eigenvalue weighted by atomic mass is 10.2. The average Bonchev–Trinajstić information content (AvgIpc) is 2.91. The average molecular weight is 231 g/mol. The highest BCUT2D eigenvalue weighted by Crippen LogP contribution is 2.30. The van der Waals surface area contributed by atoms with Gasteiger partial charge in [0.2, 0.25) is 0 Å².